The predicted molar refractivity (Wildman–Crippen MR) is 207 cm³/mol. The van der Waals surface area contributed by atoms with Crippen molar-refractivity contribution < 1.29 is 29.1 Å². The van der Waals surface area contributed by atoms with Gasteiger partial charge >= 0.3 is 0 Å². The van der Waals surface area contributed by atoms with E-state index in [0.717, 1.165) is 54.2 Å². The Bertz CT molecular complexity index is 2250. The van der Waals surface area contributed by atoms with Crippen molar-refractivity contribution in [3.05, 3.63) is 129 Å². The van der Waals surface area contributed by atoms with Crippen LogP contribution in [0.15, 0.2) is 84.9 Å². The number of benzene rings is 4. The number of phenols is 1. The van der Waals surface area contributed by atoms with Gasteiger partial charge in [-0.25, -0.2) is 0 Å². The molecule has 0 radical (unpaired) electrons. The van der Waals surface area contributed by atoms with Gasteiger partial charge in [0.15, 0.2) is 0 Å². The molecule has 4 aromatic rings. The lowest BCUT2D eigenvalue weighted by Crippen LogP contribution is -2.60. The van der Waals surface area contributed by atoms with Crippen molar-refractivity contribution in [1.29, 1.82) is 0 Å². The third-order valence-corrected chi connectivity index (χ3v) is 13.0. The third-order valence-electron chi connectivity index (χ3n) is 13.0. The molecule has 3 atom stereocenters. The molecule has 5 amide bonds. The zero-order valence-electron chi connectivity index (χ0n) is 31.0. The fourth-order valence-corrected chi connectivity index (χ4v) is 10.1. The van der Waals surface area contributed by atoms with Crippen molar-refractivity contribution in [3.63, 3.8) is 0 Å². The molecule has 0 unspecified atom stereocenters. The molecule has 0 spiro atoms. The number of nitrogens with one attached hydrogen (secondary N) is 1. The van der Waals surface area contributed by atoms with Gasteiger partial charge in [0.2, 0.25) is 17.7 Å². The van der Waals surface area contributed by atoms with Gasteiger partial charge in [-0.1, -0.05) is 48.5 Å². The molecule has 5 heterocycles. The number of nitrogens with zero attached hydrogens (tertiary/aromatic N) is 4. The number of phenolic OH excluding ortho intramolecular Hbond substituents is 1. The first-order chi connectivity index (χ1) is 27.2. The standard InChI is InChI=1S/C45H43N5O6/c51-34-11-13-36-29(16-34)8-12-35(27-4-2-1-3-5-27)41(36)28-6-9-33(10-7-28)48-24-32(25-48)43(54)49-20-26(21-49)19-47-22-30-17-37-38(18-31(30)23-47)45(56)50(44(37)55)39-14-15-40(52)46-42(39)53/h1-7,9-11,13,16-18,26,32,35,39,41,51H,8,12,14-15,19-25H2,(H,46,52,53)/t35-,39-,41+/m1/s1. The molecule has 0 aromatic heterocycles. The Morgan fingerprint density at radius 1 is 0.732 bits per heavy atom. The Balaban J connectivity index is 0.724. The predicted octanol–water partition coefficient (Wildman–Crippen LogP) is 4.57. The van der Waals surface area contributed by atoms with Gasteiger partial charge in [0, 0.05) is 69.8 Å². The van der Waals surface area contributed by atoms with Crippen LogP contribution in [-0.2, 0) is 33.9 Å². The number of anilines is 1. The number of carbonyl (C=O) groups is 5. The normalized spacial score (nSPS) is 23.7. The van der Waals surface area contributed by atoms with Crippen LogP contribution in [0.2, 0.25) is 0 Å². The van der Waals surface area contributed by atoms with E-state index in [-0.39, 0.29) is 30.6 Å². The van der Waals surface area contributed by atoms with Crippen LogP contribution in [0.3, 0.4) is 0 Å². The Morgan fingerprint density at radius 3 is 2.11 bits per heavy atom. The van der Waals surface area contributed by atoms with Gasteiger partial charge in [-0.15, -0.1) is 0 Å². The van der Waals surface area contributed by atoms with Crippen molar-refractivity contribution in [1.82, 2.24) is 20.0 Å². The van der Waals surface area contributed by atoms with Crippen molar-refractivity contribution in [2.24, 2.45) is 11.8 Å². The molecule has 5 aliphatic heterocycles. The molecule has 0 saturated carbocycles. The number of hydrogen-bond acceptors (Lipinski definition) is 8. The number of rotatable bonds is 7. The number of aromatic hydroxyl groups is 1. The van der Waals surface area contributed by atoms with Gasteiger partial charge in [-0.3, -0.25) is 39.1 Å². The first-order valence-corrected chi connectivity index (χ1v) is 19.8. The summed E-state index contributed by atoms with van der Waals surface area (Å²) in [6.07, 6.45) is 2.19. The molecule has 1 aliphatic carbocycles. The Morgan fingerprint density at radius 2 is 1.43 bits per heavy atom. The number of fused-ring (bicyclic) bond motifs is 3. The fraction of sp³-hybridized carbons (Fsp3) is 0.356. The molecule has 56 heavy (non-hydrogen) atoms. The van der Waals surface area contributed by atoms with Crippen LogP contribution in [0.1, 0.15) is 85.2 Å². The summed E-state index contributed by atoms with van der Waals surface area (Å²) in [5.74, 6) is -0.521. The van der Waals surface area contributed by atoms with Crippen LogP contribution in [0.5, 0.6) is 5.75 Å². The number of aryl methyl sites for hydroxylation is 1. The lowest BCUT2D eigenvalue weighted by atomic mass is 9.69. The van der Waals surface area contributed by atoms with E-state index in [1.165, 1.54) is 22.3 Å². The minimum absolute atomic E-state index is 0.00998. The summed E-state index contributed by atoms with van der Waals surface area (Å²) in [6.45, 7) is 5.03. The summed E-state index contributed by atoms with van der Waals surface area (Å²) in [7, 11) is 0. The topological polar surface area (TPSA) is 131 Å². The van der Waals surface area contributed by atoms with Gasteiger partial charge in [0.05, 0.1) is 17.0 Å². The van der Waals surface area contributed by atoms with E-state index in [1.54, 1.807) is 18.2 Å². The third kappa shape index (κ3) is 5.87. The highest BCUT2D eigenvalue weighted by atomic mass is 16.3. The van der Waals surface area contributed by atoms with Gasteiger partial charge in [0.1, 0.15) is 11.8 Å². The average Bonchev–Trinajstić information content (AvgIpc) is 3.67. The van der Waals surface area contributed by atoms with E-state index in [9.17, 15) is 29.1 Å². The van der Waals surface area contributed by atoms with Crippen LogP contribution in [0.25, 0.3) is 0 Å². The molecule has 11 heteroatoms. The van der Waals surface area contributed by atoms with Crippen LogP contribution in [-0.4, -0.2) is 88.1 Å². The average molecular weight is 750 g/mol. The minimum Gasteiger partial charge on any atom is -0.508 e. The molecule has 284 valence electrons. The number of imide groups is 2. The molecule has 6 aliphatic rings. The number of hydrogen-bond donors (Lipinski definition) is 2. The van der Waals surface area contributed by atoms with E-state index in [4.69, 9.17) is 0 Å². The Hall–Kier alpha value is -5.81. The molecule has 2 N–H and O–H groups in total. The Labute approximate surface area is 324 Å². The fourth-order valence-electron chi connectivity index (χ4n) is 10.1. The minimum atomic E-state index is -0.970. The van der Waals surface area contributed by atoms with Gasteiger partial charge in [0.25, 0.3) is 11.8 Å². The highest BCUT2D eigenvalue weighted by molar-refractivity contribution is 6.23. The van der Waals surface area contributed by atoms with Gasteiger partial charge < -0.3 is 14.9 Å². The summed E-state index contributed by atoms with van der Waals surface area (Å²) >= 11 is 0. The summed E-state index contributed by atoms with van der Waals surface area (Å²) in [5, 5.41) is 12.4. The van der Waals surface area contributed by atoms with E-state index < -0.39 is 29.7 Å². The highest BCUT2D eigenvalue weighted by Gasteiger charge is 2.46. The van der Waals surface area contributed by atoms with Crippen LogP contribution in [0.4, 0.5) is 5.69 Å². The molecular weight excluding hydrogens is 707 g/mol. The van der Waals surface area contributed by atoms with E-state index in [1.807, 2.05) is 11.0 Å². The maximum absolute atomic E-state index is 13.4. The highest BCUT2D eigenvalue weighted by Crippen LogP contribution is 2.47. The molecule has 3 fully saturated rings. The van der Waals surface area contributed by atoms with Crippen molar-refractivity contribution >= 4 is 35.2 Å². The van der Waals surface area contributed by atoms with Crippen LogP contribution < -0.4 is 10.2 Å². The maximum atomic E-state index is 13.4. The lowest BCUT2D eigenvalue weighted by Gasteiger charge is -2.47. The van der Waals surface area contributed by atoms with Crippen molar-refractivity contribution in [3.8, 4) is 5.75 Å². The van der Waals surface area contributed by atoms with Crippen LogP contribution >= 0.6 is 0 Å². The summed E-state index contributed by atoms with van der Waals surface area (Å²) in [5.41, 5.74) is 8.87. The summed E-state index contributed by atoms with van der Waals surface area (Å²) < 4.78 is 0. The second kappa shape index (κ2) is 13.4. The first-order valence-electron chi connectivity index (χ1n) is 19.8. The molecular formula is C45H43N5O6. The summed E-state index contributed by atoms with van der Waals surface area (Å²) in [4.78, 5) is 71.6. The zero-order chi connectivity index (χ0) is 38.2. The van der Waals surface area contributed by atoms with Crippen LogP contribution in [0, 0.1) is 11.8 Å². The SMILES string of the molecule is O=C1CC[C@@H](N2C(=O)c3cc4c(cc3C2=O)CN(CC2CN(C(=O)C3CN(c5ccc([C@@H]6c7ccc(O)cc7CC[C@@H]6c6ccccc6)cc5)C3)C2)C4)C(=O)N1. The molecule has 4 aromatic carbocycles. The Kier molecular flexibility index (Phi) is 8.32. The largest absolute Gasteiger partial charge is 0.508 e. The van der Waals surface area contributed by atoms with E-state index >= 15 is 0 Å². The molecule has 10 rings (SSSR count). The quantitative estimate of drug-likeness (QED) is 0.263. The maximum Gasteiger partial charge on any atom is 0.262 e. The second-order valence-corrected chi connectivity index (χ2v) is 16.5. The van der Waals surface area contributed by atoms with E-state index in [2.05, 4.69) is 75.8 Å². The molecule has 0 bridgehead atoms. The number of piperidine rings is 1. The number of amides is 5. The van der Waals surface area contributed by atoms with Gasteiger partial charge in [-0.05, 0) is 95.0 Å². The zero-order valence-corrected chi connectivity index (χ0v) is 31.0. The number of carbonyl (C=O) groups excluding carboxylic acids is 5. The van der Waals surface area contributed by atoms with Crippen molar-refractivity contribution in [2.45, 2.75) is 56.7 Å². The monoisotopic (exact) mass is 749 g/mol. The number of likely N-dealkylation sites (tertiary alicyclic amines) is 1. The molecule has 11 nitrogen and oxygen atoms in total. The van der Waals surface area contributed by atoms with E-state index in [0.29, 0.717) is 54.9 Å². The lowest BCUT2D eigenvalue weighted by molar-refractivity contribution is -0.143. The molecule has 3 saturated heterocycles. The second-order valence-electron chi connectivity index (χ2n) is 16.5. The smallest absolute Gasteiger partial charge is 0.262 e. The summed E-state index contributed by atoms with van der Waals surface area (Å²) in [6, 6.07) is 28.0. The van der Waals surface area contributed by atoms with Gasteiger partial charge in [-0.2, -0.15) is 0 Å². The van der Waals surface area contributed by atoms with Crippen molar-refractivity contribution in [2.75, 3.05) is 37.6 Å². The first kappa shape index (κ1) is 34.7.